The number of nitrogens with zero attached hydrogens (tertiary/aromatic N) is 4. The number of anilines is 1. The number of hydrogen-bond donors (Lipinski definition) is 1. The van der Waals surface area contributed by atoms with Crippen molar-refractivity contribution >= 4 is 39.1 Å². The summed E-state index contributed by atoms with van der Waals surface area (Å²) in [4.78, 5) is 47.4. The predicted molar refractivity (Wildman–Crippen MR) is 163 cm³/mol. The number of aliphatic hydroxyl groups excluding tert-OH is 1. The van der Waals surface area contributed by atoms with Crippen LogP contribution < -0.4 is 4.90 Å². The van der Waals surface area contributed by atoms with Crippen LogP contribution >= 0.6 is 0 Å². The normalized spacial score (nSPS) is 24.2. The Bertz CT molecular complexity index is 1590. The Morgan fingerprint density at radius 2 is 1.59 bits per heavy atom. The van der Waals surface area contributed by atoms with E-state index in [1.807, 2.05) is 6.92 Å². The predicted octanol–water partition coefficient (Wildman–Crippen LogP) is 2.53. The molecule has 0 saturated carbocycles. The van der Waals surface area contributed by atoms with Gasteiger partial charge in [0, 0.05) is 56.9 Å². The zero-order valence-electron chi connectivity index (χ0n) is 24.9. The van der Waals surface area contributed by atoms with Crippen molar-refractivity contribution in [1.29, 1.82) is 0 Å². The van der Waals surface area contributed by atoms with Gasteiger partial charge in [0.05, 0.1) is 29.4 Å². The van der Waals surface area contributed by atoms with Crippen molar-refractivity contribution in [2.45, 2.75) is 43.0 Å². The second-order valence-electron chi connectivity index (χ2n) is 11.6. The molecule has 4 heterocycles. The lowest BCUT2D eigenvalue weighted by Crippen LogP contribution is -2.52. The number of ether oxygens (including phenoxy) is 1. The Morgan fingerprint density at radius 3 is 2.27 bits per heavy atom. The zero-order valence-corrected chi connectivity index (χ0v) is 25.7. The first-order chi connectivity index (χ1) is 21.2. The maximum atomic E-state index is 14.5. The number of aliphatic hydroxyl groups is 1. The fourth-order valence-corrected chi connectivity index (χ4v) is 8.41. The third-order valence-electron chi connectivity index (χ3n) is 9.05. The van der Waals surface area contributed by atoms with Crippen molar-refractivity contribution in [2.75, 3.05) is 63.9 Å². The molecule has 4 aliphatic heterocycles. The largest absolute Gasteiger partial charge is 0.507 e. The Morgan fingerprint density at radius 1 is 0.909 bits per heavy atom. The Balaban J connectivity index is 1.44. The van der Waals surface area contributed by atoms with Crippen LogP contribution in [-0.4, -0.2) is 104 Å². The van der Waals surface area contributed by atoms with Gasteiger partial charge in [-0.25, -0.2) is 8.42 Å². The van der Waals surface area contributed by atoms with Crippen LogP contribution in [0.3, 0.4) is 0 Å². The molecule has 11 nitrogen and oxygen atoms in total. The van der Waals surface area contributed by atoms with Gasteiger partial charge in [0.2, 0.25) is 10.0 Å². The third-order valence-corrected chi connectivity index (χ3v) is 11.0. The molecule has 2 aromatic rings. The van der Waals surface area contributed by atoms with Gasteiger partial charge in [-0.2, -0.15) is 4.31 Å². The molecule has 0 bridgehead atoms. The van der Waals surface area contributed by atoms with Crippen LogP contribution in [0.15, 0.2) is 59.0 Å². The van der Waals surface area contributed by atoms with Gasteiger partial charge in [-0.3, -0.25) is 19.3 Å². The van der Waals surface area contributed by atoms with E-state index in [9.17, 15) is 27.9 Å². The van der Waals surface area contributed by atoms with Crippen LogP contribution in [0, 0.1) is 0 Å². The lowest BCUT2D eigenvalue weighted by atomic mass is 9.82. The number of carbonyl (C=O) groups is 3. The molecule has 1 N–H and O–H groups in total. The van der Waals surface area contributed by atoms with E-state index in [1.54, 1.807) is 29.2 Å². The van der Waals surface area contributed by atoms with E-state index < -0.39 is 38.9 Å². The standard InChI is InChI=1S/C32H38N4O7S/c1-2-14-35-26-9-4-3-8-25(26)32(31(35)40)27(29(38)30(39)36(32)18-7-15-33-19-21-43-22-20-33)28(37)23-10-12-24(13-11-23)44(41,42)34-16-5-6-17-34/h3-4,8-13,37H,2,5-7,14-22H2,1H3/b28-27+. The number of rotatable bonds is 9. The molecule has 1 unspecified atom stereocenters. The highest BCUT2D eigenvalue weighted by Gasteiger charge is 2.66. The molecule has 234 valence electrons. The summed E-state index contributed by atoms with van der Waals surface area (Å²) in [5, 5.41) is 11.8. The minimum atomic E-state index is -3.70. The maximum Gasteiger partial charge on any atom is 0.296 e. The van der Waals surface area contributed by atoms with Gasteiger partial charge in [-0.05, 0) is 56.0 Å². The smallest absolute Gasteiger partial charge is 0.296 e. The number of carbonyl (C=O) groups excluding carboxylic acids is 3. The first kappa shape index (κ1) is 30.4. The minimum Gasteiger partial charge on any atom is -0.507 e. The van der Waals surface area contributed by atoms with Crippen LogP contribution in [0.25, 0.3) is 5.76 Å². The van der Waals surface area contributed by atoms with Crippen LogP contribution in [0.5, 0.6) is 0 Å². The van der Waals surface area contributed by atoms with Gasteiger partial charge >= 0.3 is 0 Å². The summed E-state index contributed by atoms with van der Waals surface area (Å²) in [5.41, 5.74) is -0.915. The summed E-state index contributed by atoms with van der Waals surface area (Å²) in [6, 6.07) is 12.7. The summed E-state index contributed by atoms with van der Waals surface area (Å²) in [6.45, 7) is 6.79. The highest BCUT2D eigenvalue weighted by Crippen LogP contribution is 2.53. The summed E-state index contributed by atoms with van der Waals surface area (Å²) < 4.78 is 33.1. The van der Waals surface area contributed by atoms with Gasteiger partial charge < -0.3 is 19.6 Å². The number of ketones is 1. The molecule has 12 heteroatoms. The van der Waals surface area contributed by atoms with Gasteiger partial charge in [0.1, 0.15) is 5.76 Å². The van der Waals surface area contributed by atoms with E-state index in [-0.39, 0.29) is 22.6 Å². The SMILES string of the molecule is CCCN1C(=O)C2(/C(=C(/O)c3ccc(S(=O)(=O)N4CCCC4)cc3)C(=O)C(=O)N2CCCN2CCOCC2)c2ccccc21. The van der Waals surface area contributed by atoms with Crippen molar-refractivity contribution in [3.63, 3.8) is 0 Å². The van der Waals surface area contributed by atoms with E-state index >= 15 is 0 Å². The van der Waals surface area contributed by atoms with Gasteiger partial charge in [0.15, 0.2) is 5.54 Å². The number of hydrogen-bond acceptors (Lipinski definition) is 8. The van der Waals surface area contributed by atoms with E-state index in [4.69, 9.17) is 4.74 Å². The second-order valence-corrected chi connectivity index (χ2v) is 13.6. The van der Waals surface area contributed by atoms with Crippen molar-refractivity contribution in [3.05, 3.63) is 65.2 Å². The summed E-state index contributed by atoms with van der Waals surface area (Å²) in [6.07, 6.45) is 2.76. The van der Waals surface area contributed by atoms with Crippen molar-refractivity contribution in [2.24, 2.45) is 0 Å². The Kier molecular flexibility index (Phi) is 8.35. The van der Waals surface area contributed by atoms with E-state index in [1.165, 1.54) is 33.5 Å². The lowest BCUT2D eigenvalue weighted by molar-refractivity contribution is -0.143. The average molecular weight is 623 g/mol. The van der Waals surface area contributed by atoms with Crippen LogP contribution in [0.4, 0.5) is 5.69 Å². The average Bonchev–Trinajstić information content (AvgIpc) is 3.73. The van der Waals surface area contributed by atoms with Crippen LogP contribution in [-0.2, 0) is 34.7 Å². The number of amides is 2. The van der Waals surface area contributed by atoms with Crippen molar-refractivity contribution < 1.29 is 32.6 Å². The molecule has 4 aliphatic rings. The number of likely N-dealkylation sites (tertiary alicyclic amines) is 1. The summed E-state index contributed by atoms with van der Waals surface area (Å²) >= 11 is 0. The minimum absolute atomic E-state index is 0.0747. The quantitative estimate of drug-likeness (QED) is 0.257. The molecule has 1 atom stereocenters. The molecule has 3 fully saturated rings. The molecular weight excluding hydrogens is 584 g/mol. The zero-order chi connectivity index (χ0) is 31.1. The monoisotopic (exact) mass is 622 g/mol. The first-order valence-electron chi connectivity index (χ1n) is 15.3. The molecular formula is C32H38N4O7S. The van der Waals surface area contributed by atoms with Gasteiger partial charge in [-0.1, -0.05) is 25.1 Å². The molecule has 44 heavy (non-hydrogen) atoms. The fraction of sp³-hybridized carbons (Fsp3) is 0.469. The van der Waals surface area contributed by atoms with Crippen LogP contribution in [0.1, 0.15) is 43.7 Å². The van der Waals surface area contributed by atoms with Crippen LogP contribution in [0.2, 0.25) is 0 Å². The summed E-state index contributed by atoms with van der Waals surface area (Å²) in [7, 11) is -3.70. The third kappa shape index (κ3) is 4.84. The number of fused-ring (bicyclic) bond motifs is 2. The number of sulfonamides is 1. The first-order valence-corrected chi connectivity index (χ1v) is 16.8. The van der Waals surface area contributed by atoms with E-state index in [0.29, 0.717) is 63.5 Å². The topological polar surface area (TPSA) is 128 Å². The lowest BCUT2D eigenvalue weighted by Gasteiger charge is -2.35. The maximum absolute atomic E-state index is 14.5. The molecule has 2 amide bonds. The highest BCUT2D eigenvalue weighted by molar-refractivity contribution is 7.89. The number of para-hydroxylation sites is 1. The fourth-order valence-electron chi connectivity index (χ4n) is 6.90. The summed E-state index contributed by atoms with van der Waals surface area (Å²) in [5.74, 6) is -2.75. The number of morpholine rings is 1. The van der Waals surface area contributed by atoms with Gasteiger partial charge in [0.25, 0.3) is 17.6 Å². The number of Topliss-reactive ketones (excluding diaryl/α,β-unsaturated/α-hetero) is 1. The molecule has 1 spiro atoms. The molecule has 0 aromatic heterocycles. The molecule has 2 aromatic carbocycles. The molecule has 0 aliphatic carbocycles. The van der Waals surface area contributed by atoms with E-state index in [2.05, 4.69) is 4.90 Å². The van der Waals surface area contributed by atoms with Gasteiger partial charge in [-0.15, -0.1) is 0 Å². The van der Waals surface area contributed by atoms with Crippen molar-refractivity contribution in [3.8, 4) is 0 Å². The van der Waals surface area contributed by atoms with Crippen molar-refractivity contribution in [1.82, 2.24) is 14.1 Å². The highest BCUT2D eigenvalue weighted by atomic mass is 32.2. The molecule has 3 saturated heterocycles. The Hall–Kier alpha value is -3.58. The van der Waals surface area contributed by atoms with E-state index in [0.717, 1.165) is 25.9 Å². The molecule has 6 rings (SSSR count). The Labute approximate surface area is 257 Å². The molecule has 0 radical (unpaired) electrons. The second kappa shape index (κ2) is 12.1. The number of benzene rings is 2.